The summed E-state index contributed by atoms with van der Waals surface area (Å²) in [7, 11) is 0. The second kappa shape index (κ2) is 6.23. The summed E-state index contributed by atoms with van der Waals surface area (Å²) in [6, 6.07) is 3.15. The molecule has 106 valence electrons. The molecular weight excluding hydrogens is 275 g/mol. The average Bonchev–Trinajstić information content (AvgIpc) is 2.27. The SMILES string of the molecule is CC(C)CCOc1ccc(C(F)(F)F)cc1C(N)=S. The standard InChI is InChI=1S/C13H16F3NOS/c1-8(2)5-6-18-11-4-3-9(13(14,15)16)7-10(11)12(17)19/h3-4,7-8H,5-6H2,1-2H3,(H2,17,19). The largest absolute Gasteiger partial charge is 0.493 e. The molecule has 0 unspecified atom stereocenters. The van der Waals surface area contributed by atoms with Crippen LogP contribution < -0.4 is 10.5 Å². The van der Waals surface area contributed by atoms with Gasteiger partial charge in [-0.25, -0.2) is 0 Å². The van der Waals surface area contributed by atoms with Gasteiger partial charge in [-0.05, 0) is 30.5 Å². The molecule has 0 aliphatic rings. The van der Waals surface area contributed by atoms with Crippen LogP contribution >= 0.6 is 12.2 Å². The predicted octanol–water partition coefficient (Wildman–Crippen LogP) is 3.76. The zero-order valence-electron chi connectivity index (χ0n) is 10.8. The Kier molecular flexibility index (Phi) is 5.17. The lowest BCUT2D eigenvalue weighted by Crippen LogP contribution is -2.15. The highest BCUT2D eigenvalue weighted by molar-refractivity contribution is 7.80. The third-order valence-electron chi connectivity index (χ3n) is 2.53. The van der Waals surface area contributed by atoms with E-state index in [1.807, 2.05) is 13.8 Å². The van der Waals surface area contributed by atoms with E-state index in [9.17, 15) is 13.2 Å². The Labute approximate surface area is 115 Å². The fourth-order valence-corrected chi connectivity index (χ4v) is 1.59. The maximum atomic E-state index is 12.6. The van der Waals surface area contributed by atoms with E-state index in [0.29, 0.717) is 18.3 Å². The number of halogens is 3. The molecule has 0 aliphatic heterocycles. The first-order valence-electron chi connectivity index (χ1n) is 5.85. The van der Waals surface area contributed by atoms with Gasteiger partial charge in [0.25, 0.3) is 0 Å². The average molecular weight is 291 g/mol. The van der Waals surface area contributed by atoms with Gasteiger partial charge in [-0.15, -0.1) is 0 Å². The minimum atomic E-state index is -4.42. The van der Waals surface area contributed by atoms with Gasteiger partial charge in [0.05, 0.1) is 17.7 Å². The second-order valence-corrected chi connectivity index (χ2v) is 5.04. The first-order chi connectivity index (χ1) is 8.71. The highest BCUT2D eigenvalue weighted by atomic mass is 32.1. The van der Waals surface area contributed by atoms with E-state index in [0.717, 1.165) is 18.6 Å². The molecule has 0 aromatic heterocycles. The number of rotatable bonds is 5. The van der Waals surface area contributed by atoms with Crippen LogP contribution in [0.25, 0.3) is 0 Å². The molecule has 0 aliphatic carbocycles. The third kappa shape index (κ3) is 4.70. The highest BCUT2D eigenvalue weighted by Crippen LogP contribution is 2.32. The predicted molar refractivity (Wildman–Crippen MR) is 72.3 cm³/mol. The van der Waals surface area contributed by atoms with E-state index in [1.54, 1.807) is 0 Å². The van der Waals surface area contributed by atoms with Gasteiger partial charge in [-0.3, -0.25) is 0 Å². The quantitative estimate of drug-likeness (QED) is 0.839. The van der Waals surface area contributed by atoms with E-state index in [-0.39, 0.29) is 10.6 Å². The molecule has 19 heavy (non-hydrogen) atoms. The molecule has 1 aromatic carbocycles. The van der Waals surface area contributed by atoms with Crippen molar-refractivity contribution in [2.24, 2.45) is 11.7 Å². The van der Waals surface area contributed by atoms with Crippen molar-refractivity contribution in [1.29, 1.82) is 0 Å². The Bertz CT molecular complexity index is 458. The van der Waals surface area contributed by atoms with Crippen LogP contribution in [0.1, 0.15) is 31.4 Å². The Morgan fingerprint density at radius 1 is 1.37 bits per heavy atom. The van der Waals surface area contributed by atoms with Crippen molar-refractivity contribution < 1.29 is 17.9 Å². The van der Waals surface area contributed by atoms with E-state index in [1.165, 1.54) is 6.07 Å². The van der Waals surface area contributed by atoms with E-state index in [4.69, 9.17) is 22.7 Å². The van der Waals surface area contributed by atoms with E-state index in [2.05, 4.69) is 0 Å². The first-order valence-corrected chi connectivity index (χ1v) is 6.26. The molecule has 0 saturated carbocycles. The summed E-state index contributed by atoms with van der Waals surface area (Å²) < 4.78 is 43.2. The number of hydrogen-bond donors (Lipinski definition) is 1. The molecule has 1 rings (SSSR count). The molecule has 1 aromatic rings. The van der Waals surface area contributed by atoms with Gasteiger partial charge in [0.2, 0.25) is 0 Å². The van der Waals surface area contributed by atoms with Crippen molar-refractivity contribution in [1.82, 2.24) is 0 Å². The molecule has 0 amide bonds. The molecular formula is C13H16F3NOS. The van der Waals surface area contributed by atoms with Crippen LogP contribution in [0.15, 0.2) is 18.2 Å². The zero-order valence-corrected chi connectivity index (χ0v) is 11.6. The van der Waals surface area contributed by atoms with Crippen molar-refractivity contribution in [3.8, 4) is 5.75 Å². The first kappa shape index (κ1) is 15.8. The fraction of sp³-hybridized carbons (Fsp3) is 0.462. The zero-order chi connectivity index (χ0) is 14.6. The van der Waals surface area contributed by atoms with Crippen molar-refractivity contribution >= 4 is 17.2 Å². The molecule has 0 fully saturated rings. The van der Waals surface area contributed by atoms with Crippen LogP contribution in [0.5, 0.6) is 5.75 Å². The third-order valence-corrected chi connectivity index (χ3v) is 2.75. The van der Waals surface area contributed by atoms with Crippen LogP contribution in [0, 0.1) is 5.92 Å². The maximum Gasteiger partial charge on any atom is 0.416 e. The summed E-state index contributed by atoms with van der Waals surface area (Å²) in [6.45, 7) is 4.48. The Morgan fingerprint density at radius 3 is 2.47 bits per heavy atom. The van der Waals surface area contributed by atoms with Crippen molar-refractivity contribution in [3.05, 3.63) is 29.3 Å². The van der Waals surface area contributed by atoms with Gasteiger partial charge in [0, 0.05) is 0 Å². The summed E-state index contributed by atoms with van der Waals surface area (Å²) in [5.41, 5.74) is 4.78. The molecule has 2 N–H and O–H groups in total. The van der Waals surface area contributed by atoms with E-state index < -0.39 is 11.7 Å². The Hall–Kier alpha value is -1.30. The number of nitrogens with two attached hydrogens (primary N) is 1. The van der Waals surface area contributed by atoms with Crippen LogP contribution in [-0.4, -0.2) is 11.6 Å². The van der Waals surface area contributed by atoms with Gasteiger partial charge >= 0.3 is 6.18 Å². The van der Waals surface area contributed by atoms with Crippen LogP contribution in [0.3, 0.4) is 0 Å². The summed E-state index contributed by atoms with van der Waals surface area (Å²) in [5.74, 6) is 0.740. The van der Waals surface area contributed by atoms with Crippen molar-refractivity contribution in [2.45, 2.75) is 26.4 Å². The van der Waals surface area contributed by atoms with Gasteiger partial charge in [-0.1, -0.05) is 26.1 Å². The molecule has 0 atom stereocenters. The van der Waals surface area contributed by atoms with E-state index >= 15 is 0 Å². The summed E-state index contributed by atoms with van der Waals surface area (Å²) in [6.07, 6.45) is -3.62. The molecule has 2 nitrogen and oxygen atoms in total. The smallest absolute Gasteiger partial charge is 0.416 e. The molecule has 0 radical (unpaired) electrons. The lowest BCUT2D eigenvalue weighted by atomic mass is 10.1. The summed E-state index contributed by atoms with van der Waals surface area (Å²) in [5, 5.41) is 0. The lowest BCUT2D eigenvalue weighted by molar-refractivity contribution is -0.137. The number of benzene rings is 1. The topological polar surface area (TPSA) is 35.2 Å². The number of hydrogen-bond acceptors (Lipinski definition) is 2. The molecule has 0 spiro atoms. The van der Waals surface area contributed by atoms with Gasteiger partial charge < -0.3 is 10.5 Å². The molecule has 0 heterocycles. The van der Waals surface area contributed by atoms with Gasteiger partial charge in [-0.2, -0.15) is 13.2 Å². The monoisotopic (exact) mass is 291 g/mol. The molecule has 6 heteroatoms. The number of thiocarbonyl (C=S) groups is 1. The second-order valence-electron chi connectivity index (χ2n) is 4.60. The molecule has 0 saturated heterocycles. The highest BCUT2D eigenvalue weighted by Gasteiger charge is 2.31. The number of alkyl halides is 3. The van der Waals surface area contributed by atoms with Crippen LogP contribution in [-0.2, 0) is 6.18 Å². The van der Waals surface area contributed by atoms with Crippen molar-refractivity contribution in [2.75, 3.05) is 6.61 Å². The van der Waals surface area contributed by atoms with Gasteiger partial charge in [0.15, 0.2) is 0 Å². The summed E-state index contributed by atoms with van der Waals surface area (Å²) >= 11 is 4.76. The minimum Gasteiger partial charge on any atom is -0.493 e. The molecule has 0 bridgehead atoms. The Balaban J connectivity index is 2.96. The fourth-order valence-electron chi connectivity index (χ4n) is 1.43. The minimum absolute atomic E-state index is 0.106. The number of ether oxygens (including phenoxy) is 1. The van der Waals surface area contributed by atoms with Crippen LogP contribution in [0.4, 0.5) is 13.2 Å². The van der Waals surface area contributed by atoms with Gasteiger partial charge in [0.1, 0.15) is 10.7 Å². The lowest BCUT2D eigenvalue weighted by Gasteiger charge is -2.14. The maximum absolute atomic E-state index is 12.6. The Morgan fingerprint density at radius 2 is 2.00 bits per heavy atom. The normalized spacial score (nSPS) is 11.7. The summed E-state index contributed by atoms with van der Waals surface area (Å²) in [4.78, 5) is -0.106. The van der Waals surface area contributed by atoms with Crippen molar-refractivity contribution in [3.63, 3.8) is 0 Å². The van der Waals surface area contributed by atoms with Crippen LogP contribution in [0.2, 0.25) is 0 Å².